The van der Waals surface area contributed by atoms with Crippen LogP contribution >= 0.6 is 0 Å². The summed E-state index contributed by atoms with van der Waals surface area (Å²) in [6.45, 7) is 1.62. The van der Waals surface area contributed by atoms with Gasteiger partial charge < -0.3 is 5.11 Å². The molecule has 0 aliphatic rings. The van der Waals surface area contributed by atoms with E-state index >= 15 is 0 Å². The Labute approximate surface area is 51.5 Å². The maximum atomic E-state index is 12.4. The molecule has 0 aromatic heterocycles. The molecule has 4 heteroatoms. The van der Waals surface area contributed by atoms with Crippen molar-refractivity contribution in [3.05, 3.63) is 0 Å². The lowest BCUT2D eigenvalue weighted by Crippen LogP contribution is -2.37. The Morgan fingerprint density at radius 3 is 1.89 bits per heavy atom. The molecule has 0 spiro atoms. The van der Waals surface area contributed by atoms with Gasteiger partial charge in [-0.05, 0) is 13.8 Å². The Hall–Kier alpha value is -0.930. The van der Waals surface area contributed by atoms with E-state index in [0.29, 0.717) is 0 Å². The third-order valence-corrected chi connectivity index (χ3v) is 1.06. The Bertz CT molecular complexity index is 134. The van der Waals surface area contributed by atoms with Gasteiger partial charge >= 0.3 is 5.97 Å². The van der Waals surface area contributed by atoms with Gasteiger partial charge in [-0.2, -0.15) is 0 Å². The fraction of sp³-hybridized carbons (Fsp3) is 0.600. The Morgan fingerprint density at radius 1 is 1.56 bits per heavy atom. The normalized spacial score (nSPS) is 16.3. The molecule has 0 aromatic carbocycles. The molecule has 0 aliphatic carbocycles. The van der Waals surface area contributed by atoms with Crippen molar-refractivity contribution in [3.8, 4) is 0 Å². The minimum absolute atomic E-state index is 0.720. The Kier molecular flexibility index (Phi) is 1.91. The SMILES string of the molecule is CC(=O)C(C)(F)C(=O)O. The van der Waals surface area contributed by atoms with Gasteiger partial charge in [0.05, 0.1) is 0 Å². The zero-order valence-corrected chi connectivity index (χ0v) is 5.14. The molecule has 52 valence electrons. The lowest BCUT2D eigenvalue weighted by atomic mass is 10.1. The van der Waals surface area contributed by atoms with Gasteiger partial charge in [0, 0.05) is 0 Å². The van der Waals surface area contributed by atoms with Crippen molar-refractivity contribution >= 4 is 11.8 Å². The van der Waals surface area contributed by atoms with Gasteiger partial charge in [-0.25, -0.2) is 9.18 Å². The highest BCUT2D eigenvalue weighted by molar-refractivity contribution is 6.04. The summed E-state index contributed by atoms with van der Waals surface area (Å²) in [4.78, 5) is 20.0. The van der Waals surface area contributed by atoms with Crippen LogP contribution in [0.5, 0.6) is 0 Å². The minimum atomic E-state index is -2.72. The number of halogens is 1. The van der Waals surface area contributed by atoms with E-state index in [2.05, 4.69) is 0 Å². The van der Waals surface area contributed by atoms with E-state index in [0.717, 1.165) is 13.8 Å². The average molecular weight is 134 g/mol. The van der Waals surface area contributed by atoms with E-state index < -0.39 is 17.4 Å². The van der Waals surface area contributed by atoms with Crippen LogP contribution in [0.2, 0.25) is 0 Å². The predicted molar refractivity (Wildman–Crippen MR) is 27.8 cm³/mol. The lowest BCUT2D eigenvalue weighted by molar-refractivity contribution is -0.154. The summed E-state index contributed by atoms with van der Waals surface area (Å²) in [6.07, 6.45) is 0. The maximum Gasteiger partial charge on any atom is 0.349 e. The second-order valence-electron chi connectivity index (χ2n) is 1.86. The van der Waals surface area contributed by atoms with Crippen molar-refractivity contribution in [2.24, 2.45) is 0 Å². The van der Waals surface area contributed by atoms with Crippen LogP contribution < -0.4 is 0 Å². The molecule has 0 bridgehead atoms. The summed E-state index contributed by atoms with van der Waals surface area (Å²) < 4.78 is 12.4. The number of ketones is 1. The molecule has 9 heavy (non-hydrogen) atoms. The molecular formula is C5H7FO3. The molecule has 1 atom stereocenters. The van der Waals surface area contributed by atoms with Crippen LogP contribution in [0.15, 0.2) is 0 Å². The van der Waals surface area contributed by atoms with Gasteiger partial charge in [-0.1, -0.05) is 0 Å². The summed E-state index contributed by atoms with van der Waals surface area (Å²) in [5.74, 6) is -2.73. The number of rotatable bonds is 2. The number of carbonyl (C=O) groups is 2. The van der Waals surface area contributed by atoms with Crippen molar-refractivity contribution in [2.45, 2.75) is 19.5 Å². The van der Waals surface area contributed by atoms with Crippen molar-refractivity contribution in [2.75, 3.05) is 0 Å². The van der Waals surface area contributed by atoms with E-state index in [9.17, 15) is 14.0 Å². The molecule has 0 radical (unpaired) electrons. The Morgan fingerprint density at radius 2 is 1.89 bits per heavy atom. The van der Waals surface area contributed by atoms with Crippen LogP contribution in [0.3, 0.4) is 0 Å². The highest BCUT2D eigenvalue weighted by Crippen LogP contribution is 2.10. The summed E-state index contributed by atoms with van der Waals surface area (Å²) >= 11 is 0. The number of alkyl halides is 1. The first kappa shape index (κ1) is 8.07. The number of hydrogen-bond acceptors (Lipinski definition) is 2. The number of aliphatic carboxylic acids is 1. The molecule has 0 heterocycles. The fourth-order valence-electron chi connectivity index (χ4n) is 0.151. The van der Waals surface area contributed by atoms with Crippen molar-refractivity contribution in [1.29, 1.82) is 0 Å². The molecule has 0 aromatic rings. The fourth-order valence-corrected chi connectivity index (χ4v) is 0.151. The monoisotopic (exact) mass is 134 g/mol. The van der Waals surface area contributed by atoms with Crippen LogP contribution in [-0.2, 0) is 9.59 Å². The van der Waals surface area contributed by atoms with Gasteiger partial charge in [-0.3, -0.25) is 4.79 Å². The van der Waals surface area contributed by atoms with Crippen LogP contribution in [0.4, 0.5) is 4.39 Å². The summed E-state index contributed by atoms with van der Waals surface area (Å²) in [5, 5.41) is 8.02. The number of Topliss-reactive ketones (excluding diaryl/α,β-unsaturated/α-hetero) is 1. The second kappa shape index (κ2) is 2.13. The maximum absolute atomic E-state index is 12.4. The van der Waals surface area contributed by atoms with E-state index in [1.165, 1.54) is 0 Å². The summed E-state index contributed by atoms with van der Waals surface area (Å²) in [6, 6.07) is 0. The summed E-state index contributed by atoms with van der Waals surface area (Å²) in [5.41, 5.74) is -2.72. The third-order valence-electron chi connectivity index (χ3n) is 1.06. The highest BCUT2D eigenvalue weighted by atomic mass is 19.1. The van der Waals surface area contributed by atoms with Crippen molar-refractivity contribution in [3.63, 3.8) is 0 Å². The third kappa shape index (κ3) is 1.48. The first-order chi connectivity index (χ1) is 3.89. The second-order valence-corrected chi connectivity index (χ2v) is 1.86. The molecule has 0 rings (SSSR count). The molecule has 0 saturated heterocycles. The first-order valence-corrected chi connectivity index (χ1v) is 2.32. The van der Waals surface area contributed by atoms with Gasteiger partial charge in [0.15, 0.2) is 5.78 Å². The number of carbonyl (C=O) groups excluding carboxylic acids is 1. The molecule has 0 fully saturated rings. The molecule has 3 nitrogen and oxygen atoms in total. The van der Waals surface area contributed by atoms with Crippen LogP contribution in [-0.4, -0.2) is 22.5 Å². The zero-order valence-electron chi connectivity index (χ0n) is 5.14. The smallest absolute Gasteiger partial charge is 0.349 e. The van der Waals surface area contributed by atoms with E-state index in [-0.39, 0.29) is 0 Å². The average Bonchev–Trinajstić information content (AvgIpc) is 1.65. The molecule has 1 unspecified atom stereocenters. The van der Waals surface area contributed by atoms with Gasteiger partial charge in [0.1, 0.15) is 0 Å². The number of hydrogen-bond donors (Lipinski definition) is 1. The standard InChI is InChI=1S/C5H7FO3/c1-3(7)5(2,6)4(8)9/h1-2H3,(H,8,9). The van der Waals surface area contributed by atoms with Crippen molar-refractivity contribution < 1.29 is 19.1 Å². The van der Waals surface area contributed by atoms with Gasteiger partial charge in [0.25, 0.3) is 5.67 Å². The minimum Gasteiger partial charge on any atom is -0.479 e. The zero-order chi connectivity index (χ0) is 7.65. The van der Waals surface area contributed by atoms with Crippen LogP contribution in [0.1, 0.15) is 13.8 Å². The molecule has 0 amide bonds. The van der Waals surface area contributed by atoms with E-state index in [1.807, 2.05) is 0 Å². The van der Waals surface area contributed by atoms with Crippen molar-refractivity contribution in [1.82, 2.24) is 0 Å². The Balaban J connectivity index is 4.38. The van der Waals surface area contributed by atoms with Gasteiger partial charge in [0.2, 0.25) is 0 Å². The highest BCUT2D eigenvalue weighted by Gasteiger charge is 2.37. The van der Waals surface area contributed by atoms with E-state index in [4.69, 9.17) is 5.11 Å². The van der Waals surface area contributed by atoms with Gasteiger partial charge in [-0.15, -0.1) is 0 Å². The first-order valence-electron chi connectivity index (χ1n) is 2.32. The molecular weight excluding hydrogens is 127 g/mol. The quantitative estimate of drug-likeness (QED) is 0.556. The van der Waals surface area contributed by atoms with Crippen LogP contribution in [0, 0.1) is 0 Å². The largest absolute Gasteiger partial charge is 0.479 e. The van der Waals surface area contributed by atoms with Crippen LogP contribution in [0.25, 0.3) is 0 Å². The number of carboxylic acid groups (broad SMARTS) is 1. The predicted octanol–water partition coefficient (Wildman–Crippen LogP) is 0.388. The lowest BCUT2D eigenvalue weighted by Gasteiger charge is -2.08. The number of carboxylic acids is 1. The molecule has 1 N–H and O–H groups in total. The summed E-state index contributed by atoms with van der Waals surface area (Å²) in [7, 11) is 0. The molecule has 0 saturated carbocycles. The molecule has 0 aliphatic heterocycles. The van der Waals surface area contributed by atoms with E-state index in [1.54, 1.807) is 0 Å². The topological polar surface area (TPSA) is 54.4 Å².